The molecule has 0 N–H and O–H groups in total. The van der Waals surface area contributed by atoms with E-state index in [9.17, 15) is 19.7 Å². The Morgan fingerprint density at radius 2 is 1.60 bits per heavy atom. The molecule has 0 amide bonds. The molecular weight excluding hydrogens is 262 g/mol. The van der Waals surface area contributed by atoms with Crippen molar-refractivity contribution in [2.45, 2.75) is 6.92 Å². The highest BCUT2D eigenvalue weighted by Crippen LogP contribution is 2.31. The fourth-order valence-corrected chi connectivity index (χ4v) is 2.25. The maximum Gasteiger partial charge on any atom is 0.284 e. The first-order valence-corrected chi connectivity index (χ1v) is 5.70. The molecule has 98 valence electrons. The van der Waals surface area contributed by atoms with Gasteiger partial charge in [0.15, 0.2) is 0 Å². The van der Waals surface area contributed by atoms with Crippen molar-refractivity contribution >= 4 is 17.3 Å². The Morgan fingerprint density at radius 3 is 2.25 bits per heavy atom. The second-order valence-corrected chi connectivity index (χ2v) is 4.32. The number of nitrogens with zero attached hydrogens (tertiary/aromatic N) is 3. The van der Waals surface area contributed by atoms with E-state index in [0.29, 0.717) is 5.56 Å². The number of aromatic nitrogens is 2. The summed E-state index contributed by atoms with van der Waals surface area (Å²) in [5.74, 6) is -1.15. The molecule has 0 spiro atoms. The summed E-state index contributed by atoms with van der Waals surface area (Å²) in [6.45, 7) is 1.65. The van der Waals surface area contributed by atoms with Crippen LogP contribution in [0.5, 0.6) is 0 Å². The maximum absolute atomic E-state index is 12.5. The number of nitro groups is 1. The topological polar surface area (TPSA) is 103 Å². The molecule has 0 unspecified atom stereocenters. The van der Waals surface area contributed by atoms with Gasteiger partial charge in [-0.15, -0.1) is 0 Å². The Labute approximate surface area is 112 Å². The third-order valence-corrected chi connectivity index (χ3v) is 3.17. The van der Waals surface area contributed by atoms with Gasteiger partial charge in [0.25, 0.3) is 5.69 Å². The van der Waals surface area contributed by atoms with Gasteiger partial charge in [0.05, 0.1) is 10.5 Å². The van der Waals surface area contributed by atoms with E-state index in [4.69, 9.17) is 0 Å². The number of fused-ring (bicyclic) bond motifs is 2. The molecule has 2 aromatic heterocycles. The number of carbonyl (C=O) groups excluding carboxylic acids is 2. The number of ketones is 2. The Morgan fingerprint density at radius 1 is 1.00 bits per heavy atom. The second kappa shape index (κ2) is 4.02. The van der Waals surface area contributed by atoms with Gasteiger partial charge in [0.1, 0.15) is 17.0 Å². The van der Waals surface area contributed by atoms with Gasteiger partial charge in [0, 0.05) is 18.5 Å². The van der Waals surface area contributed by atoms with Crippen LogP contribution in [-0.2, 0) is 0 Å². The lowest BCUT2D eigenvalue weighted by atomic mass is 9.87. The predicted molar refractivity (Wildman–Crippen MR) is 66.7 cm³/mol. The van der Waals surface area contributed by atoms with Crippen molar-refractivity contribution in [2.24, 2.45) is 0 Å². The minimum absolute atomic E-state index is 0.00417. The van der Waals surface area contributed by atoms with Gasteiger partial charge in [-0.2, -0.15) is 0 Å². The highest BCUT2D eigenvalue weighted by atomic mass is 16.6. The average molecular weight is 269 g/mol. The maximum atomic E-state index is 12.5. The Bertz CT molecular complexity index is 798. The van der Waals surface area contributed by atoms with Crippen LogP contribution in [0, 0.1) is 17.0 Å². The summed E-state index contributed by atoms with van der Waals surface area (Å²) in [5, 5.41) is 11.0. The SMILES string of the molecule is Cc1ccnc2c1C(=O)c1c([N+](=O)[O-])ccnc1C2=O. The summed E-state index contributed by atoms with van der Waals surface area (Å²) in [5.41, 5.74) is -0.225. The molecule has 0 fully saturated rings. The minimum atomic E-state index is -0.692. The van der Waals surface area contributed by atoms with Crippen LogP contribution < -0.4 is 0 Å². The van der Waals surface area contributed by atoms with Gasteiger partial charge in [-0.25, -0.2) is 0 Å². The van der Waals surface area contributed by atoms with E-state index in [2.05, 4.69) is 9.97 Å². The predicted octanol–water partition coefficient (Wildman–Crippen LogP) is 1.47. The summed E-state index contributed by atoms with van der Waals surface area (Å²) in [4.78, 5) is 42.8. The standard InChI is InChI=1S/C13H7N3O4/c1-6-2-4-14-10-8(6)12(17)9-7(16(19)20)3-5-15-11(9)13(10)18/h2-5H,1H3. The highest BCUT2D eigenvalue weighted by Gasteiger charge is 2.38. The van der Waals surface area contributed by atoms with Crippen LogP contribution >= 0.6 is 0 Å². The van der Waals surface area contributed by atoms with Crippen LogP contribution in [-0.4, -0.2) is 26.5 Å². The lowest BCUT2D eigenvalue weighted by Gasteiger charge is -2.16. The molecule has 0 radical (unpaired) electrons. The monoisotopic (exact) mass is 269 g/mol. The van der Waals surface area contributed by atoms with Crippen LogP contribution in [0.3, 0.4) is 0 Å². The molecular formula is C13H7N3O4. The second-order valence-electron chi connectivity index (χ2n) is 4.32. The summed E-state index contributed by atoms with van der Waals surface area (Å²) in [7, 11) is 0. The molecule has 3 rings (SSSR count). The number of hydrogen-bond acceptors (Lipinski definition) is 6. The molecule has 0 saturated heterocycles. The van der Waals surface area contributed by atoms with Gasteiger partial charge in [0.2, 0.25) is 11.6 Å². The van der Waals surface area contributed by atoms with Crippen molar-refractivity contribution in [3.63, 3.8) is 0 Å². The van der Waals surface area contributed by atoms with E-state index in [1.54, 1.807) is 13.0 Å². The van der Waals surface area contributed by atoms with Crippen LogP contribution in [0.1, 0.15) is 37.7 Å². The van der Waals surface area contributed by atoms with Gasteiger partial charge in [-0.05, 0) is 18.6 Å². The van der Waals surface area contributed by atoms with E-state index >= 15 is 0 Å². The Hall–Kier alpha value is -2.96. The summed E-state index contributed by atoms with van der Waals surface area (Å²) in [6.07, 6.45) is 2.56. The number of rotatable bonds is 1. The molecule has 0 aliphatic heterocycles. The largest absolute Gasteiger partial charge is 0.288 e. The summed E-state index contributed by atoms with van der Waals surface area (Å²) < 4.78 is 0. The molecule has 0 saturated carbocycles. The van der Waals surface area contributed by atoms with Crippen molar-refractivity contribution in [3.05, 3.63) is 62.7 Å². The fraction of sp³-hybridized carbons (Fsp3) is 0.0769. The number of hydrogen-bond donors (Lipinski definition) is 0. The zero-order valence-electron chi connectivity index (χ0n) is 10.3. The van der Waals surface area contributed by atoms with Crippen molar-refractivity contribution in [1.82, 2.24) is 9.97 Å². The van der Waals surface area contributed by atoms with E-state index in [1.165, 1.54) is 6.20 Å². The van der Waals surface area contributed by atoms with Crippen LogP contribution in [0.25, 0.3) is 0 Å². The third-order valence-electron chi connectivity index (χ3n) is 3.17. The molecule has 20 heavy (non-hydrogen) atoms. The number of pyridine rings is 2. The van der Waals surface area contributed by atoms with Gasteiger partial charge >= 0.3 is 0 Å². The Balaban J connectivity index is 2.39. The first-order chi connectivity index (χ1) is 9.52. The molecule has 7 nitrogen and oxygen atoms in total. The number of aryl methyl sites for hydroxylation is 1. The van der Waals surface area contributed by atoms with E-state index in [0.717, 1.165) is 12.3 Å². The summed E-state index contributed by atoms with van der Waals surface area (Å²) in [6, 6.07) is 2.69. The van der Waals surface area contributed by atoms with Crippen molar-refractivity contribution < 1.29 is 14.5 Å². The first-order valence-electron chi connectivity index (χ1n) is 5.70. The molecule has 0 bridgehead atoms. The van der Waals surface area contributed by atoms with E-state index in [1.807, 2.05) is 0 Å². The lowest BCUT2D eigenvalue weighted by molar-refractivity contribution is -0.385. The molecule has 1 aliphatic rings. The molecule has 0 atom stereocenters. The number of carbonyl (C=O) groups is 2. The first kappa shape index (κ1) is 12.1. The van der Waals surface area contributed by atoms with E-state index in [-0.39, 0.29) is 22.5 Å². The fourth-order valence-electron chi connectivity index (χ4n) is 2.25. The average Bonchev–Trinajstić information content (AvgIpc) is 2.43. The van der Waals surface area contributed by atoms with Crippen molar-refractivity contribution in [1.29, 1.82) is 0 Å². The van der Waals surface area contributed by atoms with Gasteiger partial charge < -0.3 is 0 Å². The Kier molecular flexibility index (Phi) is 2.43. The van der Waals surface area contributed by atoms with Crippen LogP contribution in [0.4, 0.5) is 5.69 Å². The molecule has 0 aromatic carbocycles. The van der Waals surface area contributed by atoms with Crippen LogP contribution in [0.2, 0.25) is 0 Å². The van der Waals surface area contributed by atoms with Gasteiger partial charge in [-0.3, -0.25) is 29.7 Å². The molecule has 7 heteroatoms. The highest BCUT2D eigenvalue weighted by molar-refractivity contribution is 6.28. The molecule has 2 aromatic rings. The zero-order chi connectivity index (χ0) is 14.4. The van der Waals surface area contributed by atoms with Crippen LogP contribution in [0.15, 0.2) is 24.5 Å². The minimum Gasteiger partial charge on any atom is -0.288 e. The molecule has 1 aliphatic carbocycles. The van der Waals surface area contributed by atoms with Crippen molar-refractivity contribution in [2.75, 3.05) is 0 Å². The van der Waals surface area contributed by atoms with E-state index < -0.39 is 22.2 Å². The quantitative estimate of drug-likeness (QED) is 0.489. The third kappa shape index (κ3) is 1.46. The smallest absolute Gasteiger partial charge is 0.284 e. The zero-order valence-corrected chi connectivity index (χ0v) is 10.3. The lowest BCUT2D eigenvalue weighted by Crippen LogP contribution is -2.25. The summed E-state index contributed by atoms with van der Waals surface area (Å²) >= 11 is 0. The normalized spacial score (nSPS) is 12.8. The molecule has 2 heterocycles. The van der Waals surface area contributed by atoms with Gasteiger partial charge in [-0.1, -0.05) is 0 Å². The van der Waals surface area contributed by atoms with Crippen molar-refractivity contribution in [3.8, 4) is 0 Å².